The number of hydrogen-bond donors (Lipinski definition) is 6. The first-order valence-corrected chi connectivity index (χ1v) is 15.9. The minimum atomic E-state index is -1.68. The van der Waals surface area contributed by atoms with Crippen LogP contribution in [0.2, 0.25) is 0 Å². The summed E-state index contributed by atoms with van der Waals surface area (Å²) in [5, 5.41) is 61.7. The normalized spacial score (nSPS) is 16.5. The first-order chi connectivity index (χ1) is 24.1. The number of carbonyl (C=O) groups excluding carboxylic acids is 1. The molecule has 2 aliphatic rings. The van der Waals surface area contributed by atoms with Gasteiger partial charge in [0, 0.05) is 18.6 Å². The fraction of sp³-hybridized carbons (Fsp3) is 0.682. The summed E-state index contributed by atoms with van der Waals surface area (Å²) in [6.45, 7) is -0.200. The van der Waals surface area contributed by atoms with Crippen molar-refractivity contribution in [3.8, 4) is 34.5 Å². The maximum absolute atomic E-state index is 12.4. The van der Waals surface area contributed by atoms with Gasteiger partial charge in [0.1, 0.15) is 31.0 Å². The van der Waals surface area contributed by atoms with E-state index in [0.717, 1.165) is 17.2 Å². The van der Waals surface area contributed by atoms with Gasteiger partial charge in [-0.3, -0.25) is 0 Å². The van der Waals surface area contributed by atoms with Crippen LogP contribution in [-0.2, 0) is 25.4 Å². The Kier molecular flexibility index (Phi) is 168. The van der Waals surface area contributed by atoms with Gasteiger partial charge < -0.3 is 63.8 Å². The smallest absolute Gasteiger partial charge is 0.330 e. The molecule has 2 aliphatic heterocycles. The lowest BCUT2D eigenvalue weighted by Gasteiger charge is -2.40. The van der Waals surface area contributed by atoms with Gasteiger partial charge in [-0.05, 0) is 71.5 Å². The van der Waals surface area contributed by atoms with Gasteiger partial charge in [-0.1, -0.05) is 241 Å². The zero-order chi connectivity index (χ0) is 35.9. The van der Waals surface area contributed by atoms with E-state index < -0.39 is 49.4 Å². The van der Waals surface area contributed by atoms with Crippen LogP contribution in [0, 0.1) is 11.8 Å². The summed E-state index contributed by atoms with van der Waals surface area (Å²) in [5.74, 6) is -0.0772. The van der Waals surface area contributed by atoms with Gasteiger partial charge in [-0.25, -0.2) is 4.79 Å². The number of aromatic hydroxyl groups is 2. The Labute approximate surface area is 509 Å². The maximum atomic E-state index is 12.4. The quantitative estimate of drug-likeness (QED) is 0.0697. The molecule has 5 rings (SSSR count). The molecule has 0 radical (unpaired) electrons. The van der Waals surface area contributed by atoms with E-state index in [9.17, 15) is 35.4 Å². The summed E-state index contributed by atoms with van der Waals surface area (Å²) < 4.78 is 38.8. The number of methoxy groups -OCH3 is 3. The van der Waals surface area contributed by atoms with Gasteiger partial charge in [-0.2, -0.15) is 0 Å². The van der Waals surface area contributed by atoms with Crippen LogP contribution in [-0.4, -0.2) is 108 Å². The van der Waals surface area contributed by atoms with Crippen LogP contribution in [0.5, 0.6) is 34.5 Å². The summed E-state index contributed by atoms with van der Waals surface area (Å²) in [6, 6.07) is 14.6. The SMILES string of the molecule is C.C.C.C.C.C.C.C.C.C.C.C.C.C.C.C.C.C.C.C.C.C.C.C.C.C.C.C.C.C.COc1cc(/C=C/C(=O)OCC2OC(Oc3ccc(C[C@H]4CO[C@H](c5ccc(O)c(OC)c5)[C@H]4CO)cc3OC)C(O)C(O)C2O)ccc1O. The third-order valence-corrected chi connectivity index (χ3v) is 8.87. The minimum Gasteiger partial charge on any atom is -0.504 e. The Balaban J connectivity index is -0.0000000405. The lowest BCUT2D eigenvalue weighted by molar-refractivity contribution is -0.278. The van der Waals surface area contributed by atoms with Crippen molar-refractivity contribution in [3.63, 3.8) is 0 Å². The number of rotatable bonds is 13. The molecular weight excluding hydrogens is 1020 g/mol. The van der Waals surface area contributed by atoms with Crippen LogP contribution in [0.15, 0.2) is 60.7 Å². The molecule has 0 amide bonds. The Morgan fingerprint density at radius 2 is 0.975 bits per heavy atom. The summed E-state index contributed by atoms with van der Waals surface area (Å²) in [7, 11) is 4.30. The Hall–Kier alpha value is -4.57. The monoisotopic (exact) mass is 1180 g/mol. The molecule has 0 bridgehead atoms. The number of ether oxygens (including phenoxy) is 7. The van der Waals surface area contributed by atoms with E-state index >= 15 is 0 Å². The van der Waals surface area contributed by atoms with Gasteiger partial charge in [-0.15, -0.1) is 0 Å². The fourth-order valence-corrected chi connectivity index (χ4v) is 6.08. The number of esters is 1. The summed E-state index contributed by atoms with van der Waals surface area (Å²) in [5.41, 5.74) is 2.19. The van der Waals surface area contributed by atoms with E-state index in [4.69, 9.17) is 33.2 Å². The van der Waals surface area contributed by atoms with Crippen molar-refractivity contribution in [1.29, 1.82) is 0 Å². The Bertz CT molecular complexity index is 1650. The van der Waals surface area contributed by atoms with Crippen LogP contribution in [0.1, 0.15) is 246 Å². The molecule has 5 unspecified atom stereocenters. The fourth-order valence-electron chi connectivity index (χ4n) is 6.08. The van der Waals surface area contributed by atoms with Crippen molar-refractivity contribution < 1.29 is 68.6 Å². The summed E-state index contributed by atoms with van der Waals surface area (Å²) in [6.07, 6.45) is -4.91. The molecule has 3 aromatic rings. The van der Waals surface area contributed by atoms with Crippen molar-refractivity contribution in [3.05, 3.63) is 77.4 Å². The van der Waals surface area contributed by atoms with Gasteiger partial charge in [0.25, 0.3) is 0 Å². The number of phenolic OH excluding ortho intramolecular Hbond substituents is 2. The number of carbonyl (C=O) groups is 1. The molecule has 80 heavy (non-hydrogen) atoms. The molecular formula is C66H162O14. The molecule has 0 spiro atoms. The molecule has 6 N–H and O–H groups in total. The molecule has 3 aromatic carbocycles. The van der Waals surface area contributed by atoms with Gasteiger partial charge >= 0.3 is 5.97 Å². The molecule has 0 aliphatic carbocycles. The molecule has 0 saturated carbocycles. The predicted octanol–water partition coefficient (Wildman–Crippen LogP) is 21.2. The lowest BCUT2D eigenvalue weighted by atomic mass is 9.84. The third kappa shape index (κ3) is 40.6. The molecule has 2 heterocycles. The van der Waals surface area contributed by atoms with E-state index in [1.54, 1.807) is 36.4 Å². The van der Waals surface area contributed by atoms with E-state index in [2.05, 4.69) is 0 Å². The molecule has 2 fully saturated rings. The predicted molar refractivity (Wildman–Crippen MR) is 378 cm³/mol. The van der Waals surface area contributed by atoms with Crippen molar-refractivity contribution in [2.24, 2.45) is 11.8 Å². The molecule has 14 heteroatoms. The second kappa shape index (κ2) is 78.7. The number of aliphatic hydroxyl groups excluding tert-OH is 4. The number of benzene rings is 3. The van der Waals surface area contributed by atoms with Crippen molar-refractivity contribution >= 4 is 12.0 Å². The van der Waals surface area contributed by atoms with Gasteiger partial charge in [0.2, 0.25) is 6.29 Å². The van der Waals surface area contributed by atoms with Crippen LogP contribution >= 0.6 is 0 Å². The highest BCUT2D eigenvalue weighted by atomic mass is 16.7. The van der Waals surface area contributed by atoms with Crippen LogP contribution < -0.4 is 18.9 Å². The molecule has 2 saturated heterocycles. The maximum Gasteiger partial charge on any atom is 0.330 e. The summed E-state index contributed by atoms with van der Waals surface area (Å²) >= 11 is 0. The standard InChI is InChI=1S/C36H42O14.30CH4/c1-44-27-13-19(4-8-24(27)38)6-11-31(40)47-18-30-32(41)33(42)34(43)36(50-30)49-26-10-5-20(14-29(26)46-3)12-22-17-48-35(23(22)16-37)21-7-9-25(39)28(15-21)45-2;;;;;;;;;;;;;;;;;;;;;;;;;;;;;;/h4-11,13-15,22-23,30,32-39,41-43H,12,16-18H2,1-3H3;30*1H4/b11-6+;;;;;;;;;;;;;;;;;;;;;;;;;;;;;;/t22-,23-,30?,32?,33?,34?,35+,36?;;;;;;;;;;;;;;;;;;;;;;;;;;;;;;/m0............................../s1. The van der Waals surface area contributed by atoms with Gasteiger partial charge in [0.05, 0.1) is 34.0 Å². The highest BCUT2D eigenvalue weighted by Crippen LogP contribution is 2.43. The van der Waals surface area contributed by atoms with Crippen molar-refractivity contribution in [2.45, 2.75) is 266 Å². The highest BCUT2D eigenvalue weighted by molar-refractivity contribution is 5.87. The molecule has 0 aromatic heterocycles. The molecule has 8 atom stereocenters. The van der Waals surface area contributed by atoms with Crippen molar-refractivity contribution in [1.82, 2.24) is 0 Å². The van der Waals surface area contributed by atoms with E-state index in [1.807, 2.05) is 0 Å². The zero-order valence-corrected chi connectivity index (χ0v) is 27.7. The first-order valence-electron chi connectivity index (χ1n) is 15.9. The number of aliphatic hydroxyl groups is 4. The second-order valence-corrected chi connectivity index (χ2v) is 12.0. The topological polar surface area (TPSA) is 203 Å². The second-order valence-electron chi connectivity index (χ2n) is 12.0. The minimum absolute atomic E-state index is 0. The largest absolute Gasteiger partial charge is 0.504 e. The molecule has 14 nitrogen and oxygen atoms in total. The number of phenols is 2. The molecule has 510 valence electrons. The third-order valence-electron chi connectivity index (χ3n) is 8.87. The Morgan fingerprint density at radius 3 is 1.41 bits per heavy atom. The van der Waals surface area contributed by atoms with Crippen LogP contribution in [0.3, 0.4) is 0 Å². The van der Waals surface area contributed by atoms with E-state index in [-0.39, 0.29) is 264 Å². The average molecular weight is 1180 g/mol. The lowest BCUT2D eigenvalue weighted by Crippen LogP contribution is -2.60. The highest BCUT2D eigenvalue weighted by Gasteiger charge is 2.46. The van der Waals surface area contributed by atoms with E-state index in [1.165, 1.54) is 45.6 Å². The van der Waals surface area contributed by atoms with Crippen LogP contribution in [0.25, 0.3) is 6.08 Å². The van der Waals surface area contributed by atoms with Crippen LogP contribution in [0.4, 0.5) is 0 Å². The zero-order valence-electron chi connectivity index (χ0n) is 27.7. The average Bonchev–Trinajstić information content (AvgIpc) is 3.53. The van der Waals surface area contributed by atoms with E-state index in [0.29, 0.717) is 30.1 Å². The van der Waals surface area contributed by atoms with Crippen molar-refractivity contribution in [2.75, 3.05) is 41.2 Å². The van der Waals surface area contributed by atoms with Gasteiger partial charge in [0.15, 0.2) is 34.5 Å². The number of hydrogen-bond acceptors (Lipinski definition) is 14. The first kappa shape index (κ1) is 171. The Morgan fingerprint density at radius 1 is 0.537 bits per heavy atom. The summed E-state index contributed by atoms with van der Waals surface area (Å²) in [4.78, 5) is 12.4.